The van der Waals surface area contributed by atoms with E-state index < -0.39 is 0 Å². The van der Waals surface area contributed by atoms with Crippen molar-refractivity contribution >= 4 is 27.5 Å². The van der Waals surface area contributed by atoms with E-state index in [4.69, 9.17) is 0 Å². The quantitative estimate of drug-likeness (QED) is 0.742. The van der Waals surface area contributed by atoms with Crippen LogP contribution in [-0.2, 0) is 0 Å². The maximum absolute atomic E-state index is 4.06. The Balaban J connectivity index is 2.55. The smallest absolute Gasteiger partial charge is 0.0485 e. The fraction of sp³-hybridized carbons (Fsp3) is 0. The summed E-state index contributed by atoms with van der Waals surface area (Å²) in [6, 6.07) is 8.14. The van der Waals surface area contributed by atoms with Crippen LogP contribution < -0.4 is 0 Å². The topological polar surface area (TPSA) is 12.9 Å². The van der Waals surface area contributed by atoms with Crippen molar-refractivity contribution in [2.24, 2.45) is 0 Å². The highest BCUT2D eigenvalue weighted by Crippen LogP contribution is 2.27. The first-order chi connectivity index (χ1) is 5.88. The van der Waals surface area contributed by atoms with Crippen LogP contribution in [-0.4, -0.2) is 4.37 Å². The van der Waals surface area contributed by atoms with Gasteiger partial charge in [0.15, 0.2) is 0 Å². The first-order valence-electron chi connectivity index (χ1n) is 3.52. The van der Waals surface area contributed by atoms with Gasteiger partial charge in [-0.05, 0) is 23.2 Å². The van der Waals surface area contributed by atoms with Crippen LogP contribution in [0, 0.1) is 0 Å². The van der Waals surface area contributed by atoms with E-state index in [0.717, 1.165) is 4.47 Å². The second-order valence-electron chi connectivity index (χ2n) is 2.39. The number of halogens is 1. The lowest BCUT2D eigenvalue weighted by molar-refractivity contribution is 1.55. The van der Waals surface area contributed by atoms with Gasteiger partial charge in [-0.15, -0.1) is 0 Å². The van der Waals surface area contributed by atoms with Crippen LogP contribution in [0.3, 0.4) is 0 Å². The number of nitrogens with zero attached hydrogens (tertiary/aromatic N) is 1. The summed E-state index contributed by atoms with van der Waals surface area (Å²) in [6.07, 6.45) is 1.88. The Morgan fingerprint density at radius 1 is 1.25 bits per heavy atom. The number of hydrogen-bond acceptors (Lipinski definition) is 2. The fourth-order valence-electron chi connectivity index (χ4n) is 1.03. The van der Waals surface area contributed by atoms with Gasteiger partial charge < -0.3 is 0 Å². The van der Waals surface area contributed by atoms with Gasteiger partial charge in [0, 0.05) is 21.6 Å². The molecule has 0 saturated heterocycles. The Morgan fingerprint density at radius 3 is 2.75 bits per heavy atom. The van der Waals surface area contributed by atoms with Crippen LogP contribution in [0.25, 0.3) is 11.1 Å². The molecule has 0 aliphatic carbocycles. The Hall–Kier alpha value is -0.670. The van der Waals surface area contributed by atoms with Gasteiger partial charge in [0.1, 0.15) is 0 Å². The molecule has 1 nitrogen and oxygen atoms in total. The van der Waals surface area contributed by atoms with Crippen LogP contribution in [0.5, 0.6) is 0 Å². The summed E-state index contributed by atoms with van der Waals surface area (Å²) in [7, 11) is 0. The average molecular weight is 240 g/mol. The molecular formula is C9H6BrNS. The Bertz CT molecular complexity index is 370. The molecule has 1 aromatic carbocycles. The Kier molecular flexibility index (Phi) is 2.23. The number of hydrogen-bond donors (Lipinski definition) is 0. The minimum Gasteiger partial charge on any atom is -0.201 e. The molecular weight excluding hydrogens is 234 g/mol. The van der Waals surface area contributed by atoms with Crippen molar-refractivity contribution < 1.29 is 0 Å². The van der Waals surface area contributed by atoms with Gasteiger partial charge in [-0.25, -0.2) is 4.37 Å². The summed E-state index contributed by atoms with van der Waals surface area (Å²) in [4.78, 5) is 0. The molecule has 60 valence electrons. The van der Waals surface area contributed by atoms with E-state index >= 15 is 0 Å². The molecule has 2 rings (SSSR count). The number of benzene rings is 1. The lowest BCUT2D eigenvalue weighted by Crippen LogP contribution is -1.74. The number of aromatic nitrogens is 1. The monoisotopic (exact) mass is 239 g/mol. The average Bonchev–Trinajstić information content (AvgIpc) is 2.57. The molecule has 12 heavy (non-hydrogen) atoms. The second kappa shape index (κ2) is 3.37. The van der Waals surface area contributed by atoms with Crippen molar-refractivity contribution in [3.05, 3.63) is 40.3 Å². The predicted octanol–water partition coefficient (Wildman–Crippen LogP) is 3.57. The zero-order valence-electron chi connectivity index (χ0n) is 6.20. The van der Waals surface area contributed by atoms with Crippen LogP contribution in [0.4, 0.5) is 0 Å². The summed E-state index contributed by atoms with van der Waals surface area (Å²) in [5.74, 6) is 0. The molecule has 2 aromatic rings. The molecule has 0 N–H and O–H groups in total. The lowest BCUT2D eigenvalue weighted by Gasteiger charge is -1.98. The molecule has 0 aliphatic heterocycles. The third-order valence-electron chi connectivity index (χ3n) is 1.62. The van der Waals surface area contributed by atoms with E-state index in [2.05, 4.69) is 26.4 Å². The van der Waals surface area contributed by atoms with Crippen molar-refractivity contribution in [2.45, 2.75) is 0 Å². The fourth-order valence-corrected chi connectivity index (χ4v) is 2.08. The molecule has 3 heteroatoms. The van der Waals surface area contributed by atoms with Crippen molar-refractivity contribution in [2.75, 3.05) is 0 Å². The first kappa shape index (κ1) is 7.95. The van der Waals surface area contributed by atoms with Gasteiger partial charge in [-0.2, -0.15) is 0 Å². The van der Waals surface area contributed by atoms with Crippen LogP contribution >= 0.6 is 27.5 Å². The maximum atomic E-state index is 4.06. The third-order valence-corrected chi connectivity index (χ3v) is 2.90. The summed E-state index contributed by atoms with van der Waals surface area (Å²) >= 11 is 4.97. The number of rotatable bonds is 1. The van der Waals surface area contributed by atoms with Gasteiger partial charge in [-0.3, -0.25) is 0 Å². The zero-order valence-corrected chi connectivity index (χ0v) is 8.60. The van der Waals surface area contributed by atoms with E-state index in [-0.39, 0.29) is 0 Å². The van der Waals surface area contributed by atoms with Crippen molar-refractivity contribution in [3.63, 3.8) is 0 Å². The molecule has 0 aliphatic rings. The molecule has 0 fully saturated rings. The highest BCUT2D eigenvalue weighted by molar-refractivity contribution is 9.10. The van der Waals surface area contributed by atoms with Gasteiger partial charge in [-0.1, -0.05) is 34.1 Å². The summed E-state index contributed by atoms with van der Waals surface area (Å²) in [5, 5.41) is 2.04. The van der Waals surface area contributed by atoms with E-state index in [9.17, 15) is 0 Å². The maximum Gasteiger partial charge on any atom is 0.0485 e. The van der Waals surface area contributed by atoms with Crippen molar-refractivity contribution in [3.8, 4) is 11.1 Å². The van der Waals surface area contributed by atoms with Gasteiger partial charge in [0.2, 0.25) is 0 Å². The van der Waals surface area contributed by atoms with E-state index in [0.29, 0.717) is 0 Å². The first-order valence-corrected chi connectivity index (χ1v) is 5.15. The van der Waals surface area contributed by atoms with E-state index in [1.54, 1.807) is 0 Å². The second-order valence-corrected chi connectivity index (χ2v) is 3.90. The highest BCUT2D eigenvalue weighted by Gasteiger charge is 2.01. The Morgan fingerprint density at radius 2 is 2.08 bits per heavy atom. The molecule has 0 atom stereocenters. The predicted molar refractivity (Wildman–Crippen MR) is 55.3 cm³/mol. The third kappa shape index (κ3) is 1.42. The van der Waals surface area contributed by atoms with E-state index in [1.165, 1.54) is 22.7 Å². The highest BCUT2D eigenvalue weighted by atomic mass is 79.9. The summed E-state index contributed by atoms with van der Waals surface area (Å²) in [6.45, 7) is 0. The lowest BCUT2D eigenvalue weighted by atomic mass is 10.1. The summed E-state index contributed by atoms with van der Waals surface area (Å²) in [5.41, 5.74) is 2.37. The Labute approximate surface area is 83.4 Å². The van der Waals surface area contributed by atoms with Crippen LogP contribution in [0.15, 0.2) is 40.3 Å². The zero-order chi connectivity index (χ0) is 8.39. The van der Waals surface area contributed by atoms with Gasteiger partial charge in [0.25, 0.3) is 0 Å². The van der Waals surface area contributed by atoms with Crippen molar-refractivity contribution in [1.82, 2.24) is 4.37 Å². The SMILES string of the molecule is Brc1ccccc1-c1cnsc1. The van der Waals surface area contributed by atoms with Gasteiger partial charge >= 0.3 is 0 Å². The van der Waals surface area contributed by atoms with Crippen LogP contribution in [0.2, 0.25) is 0 Å². The minimum atomic E-state index is 1.12. The van der Waals surface area contributed by atoms with Crippen molar-refractivity contribution in [1.29, 1.82) is 0 Å². The normalized spacial score (nSPS) is 10.1. The minimum absolute atomic E-state index is 1.12. The molecule has 1 aromatic heterocycles. The largest absolute Gasteiger partial charge is 0.201 e. The van der Waals surface area contributed by atoms with Crippen LogP contribution in [0.1, 0.15) is 0 Å². The van der Waals surface area contributed by atoms with Gasteiger partial charge in [0.05, 0.1) is 0 Å². The molecule has 0 saturated carbocycles. The standard InChI is InChI=1S/C9H6BrNS/c10-9-4-2-1-3-8(9)7-5-11-12-6-7/h1-6H. The van der Waals surface area contributed by atoms with E-state index in [1.807, 2.05) is 29.8 Å². The molecule has 1 heterocycles. The molecule has 0 spiro atoms. The molecule has 0 bridgehead atoms. The molecule has 0 amide bonds. The molecule has 0 radical (unpaired) electrons. The molecule has 0 unspecified atom stereocenters. The summed E-state index contributed by atoms with van der Waals surface area (Å²) < 4.78 is 5.18.